The minimum Gasteiger partial charge on any atom is -0.481 e. The number of aliphatic carboxylic acids is 1. The summed E-state index contributed by atoms with van der Waals surface area (Å²) in [6.07, 6.45) is 14.0. The minimum absolute atomic E-state index is 0.116. The van der Waals surface area contributed by atoms with Crippen molar-refractivity contribution >= 4 is 5.97 Å². The van der Waals surface area contributed by atoms with E-state index in [1.54, 1.807) is 0 Å². The zero-order valence-corrected chi connectivity index (χ0v) is 15.6. The molecule has 2 atom stereocenters. The molecular formula is C20H40O2. The van der Waals surface area contributed by atoms with E-state index < -0.39 is 5.97 Å². The van der Waals surface area contributed by atoms with E-state index in [2.05, 4.69) is 27.7 Å². The number of hydrogen-bond acceptors (Lipinski definition) is 1. The molecule has 0 heterocycles. The standard InChI is InChI=1S/C20H40O2/c1-5-7-8-9-10-11-13-19(20(21)22)16-18(12-6-2)15-14-17(3)4/h17-19H,5-16H2,1-4H3,(H,21,22). The third kappa shape index (κ3) is 12.1. The van der Waals surface area contributed by atoms with Gasteiger partial charge in [0.1, 0.15) is 0 Å². The number of carboxylic acid groups (broad SMARTS) is 1. The summed E-state index contributed by atoms with van der Waals surface area (Å²) in [6.45, 7) is 8.96. The van der Waals surface area contributed by atoms with Crippen molar-refractivity contribution in [3.8, 4) is 0 Å². The second-order valence-corrected chi connectivity index (χ2v) is 7.45. The van der Waals surface area contributed by atoms with E-state index in [-0.39, 0.29) is 5.92 Å². The molecule has 2 nitrogen and oxygen atoms in total. The Kier molecular flexibility index (Phi) is 13.7. The van der Waals surface area contributed by atoms with E-state index in [1.165, 1.54) is 57.8 Å². The average molecular weight is 313 g/mol. The first kappa shape index (κ1) is 21.5. The molecule has 2 heteroatoms. The van der Waals surface area contributed by atoms with Crippen molar-refractivity contribution in [1.82, 2.24) is 0 Å². The summed E-state index contributed by atoms with van der Waals surface area (Å²) in [7, 11) is 0. The van der Waals surface area contributed by atoms with Crippen LogP contribution in [-0.2, 0) is 4.79 Å². The Morgan fingerprint density at radius 2 is 1.45 bits per heavy atom. The fraction of sp³-hybridized carbons (Fsp3) is 0.950. The van der Waals surface area contributed by atoms with Crippen molar-refractivity contribution in [2.24, 2.45) is 17.8 Å². The van der Waals surface area contributed by atoms with Gasteiger partial charge in [-0.3, -0.25) is 4.79 Å². The molecule has 0 spiro atoms. The zero-order valence-electron chi connectivity index (χ0n) is 15.6. The summed E-state index contributed by atoms with van der Waals surface area (Å²) in [6, 6.07) is 0. The molecule has 0 aromatic heterocycles. The van der Waals surface area contributed by atoms with Gasteiger partial charge in [0, 0.05) is 0 Å². The van der Waals surface area contributed by atoms with Crippen molar-refractivity contribution in [3.63, 3.8) is 0 Å². The second-order valence-electron chi connectivity index (χ2n) is 7.45. The molecule has 0 aliphatic carbocycles. The Bertz CT molecular complexity index is 260. The molecule has 0 amide bonds. The fourth-order valence-corrected chi connectivity index (χ4v) is 3.27. The zero-order chi connectivity index (χ0) is 16.8. The van der Waals surface area contributed by atoms with Crippen molar-refractivity contribution in [2.75, 3.05) is 0 Å². The number of rotatable bonds is 15. The van der Waals surface area contributed by atoms with E-state index >= 15 is 0 Å². The number of carboxylic acids is 1. The van der Waals surface area contributed by atoms with E-state index in [9.17, 15) is 9.90 Å². The second kappa shape index (κ2) is 14.1. The van der Waals surface area contributed by atoms with Crippen molar-refractivity contribution in [2.45, 2.75) is 105 Å². The molecule has 0 radical (unpaired) electrons. The van der Waals surface area contributed by atoms with Crippen LogP contribution in [0.25, 0.3) is 0 Å². The van der Waals surface area contributed by atoms with Crippen molar-refractivity contribution < 1.29 is 9.90 Å². The molecule has 22 heavy (non-hydrogen) atoms. The summed E-state index contributed by atoms with van der Waals surface area (Å²) in [5.74, 6) is 0.642. The summed E-state index contributed by atoms with van der Waals surface area (Å²) in [4.78, 5) is 11.5. The van der Waals surface area contributed by atoms with Gasteiger partial charge in [0.25, 0.3) is 0 Å². The Hall–Kier alpha value is -0.530. The van der Waals surface area contributed by atoms with Crippen LogP contribution in [0.2, 0.25) is 0 Å². The molecule has 0 bridgehead atoms. The predicted octanol–water partition coefficient (Wildman–Crippen LogP) is 6.68. The maximum atomic E-state index is 11.5. The fourth-order valence-electron chi connectivity index (χ4n) is 3.27. The smallest absolute Gasteiger partial charge is 0.306 e. The maximum Gasteiger partial charge on any atom is 0.306 e. The lowest BCUT2D eigenvalue weighted by Crippen LogP contribution is -2.18. The molecule has 0 aromatic carbocycles. The third-order valence-corrected chi connectivity index (χ3v) is 4.72. The van der Waals surface area contributed by atoms with Crippen LogP contribution in [0.3, 0.4) is 0 Å². The van der Waals surface area contributed by atoms with Crippen molar-refractivity contribution in [1.29, 1.82) is 0 Å². The molecule has 1 N–H and O–H groups in total. The van der Waals surface area contributed by atoms with E-state index in [0.717, 1.165) is 25.2 Å². The number of hydrogen-bond donors (Lipinski definition) is 1. The Morgan fingerprint density at radius 1 is 0.818 bits per heavy atom. The van der Waals surface area contributed by atoms with Crippen LogP contribution >= 0.6 is 0 Å². The molecule has 0 rings (SSSR count). The van der Waals surface area contributed by atoms with E-state index in [4.69, 9.17) is 0 Å². The van der Waals surface area contributed by atoms with E-state index in [0.29, 0.717) is 5.92 Å². The van der Waals surface area contributed by atoms with Crippen LogP contribution in [0.5, 0.6) is 0 Å². The predicted molar refractivity (Wildman–Crippen MR) is 96.2 cm³/mol. The molecule has 0 saturated heterocycles. The number of carbonyl (C=O) groups is 1. The molecule has 132 valence electrons. The minimum atomic E-state index is -0.570. The first-order valence-electron chi connectivity index (χ1n) is 9.73. The highest BCUT2D eigenvalue weighted by atomic mass is 16.4. The van der Waals surface area contributed by atoms with Crippen LogP contribution in [0, 0.1) is 17.8 Å². The summed E-state index contributed by atoms with van der Waals surface area (Å²) < 4.78 is 0. The molecule has 0 aliphatic heterocycles. The summed E-state index contributed by atoms with van der Waals surface area (Å²) >= 11 is 0. The highest BCUT2D eigenvalue weighted by Gasteiger charge is 2.22. The van der Waals surface area contributed by atoms with Gasteiger partial charge in [0.15, 0.2) is 0 Å². The van der Waals surface area contributed by atoms with Gasteiger partial charge >= 0.3 is 5.97 Å². The van der Waals surface area contributed by atoms with Crippen LogP contribution in [-0.4, -0.2) is 11.1 Å². The quantitative estimate of drug-likeness (QED) is 0.342. The van der Waals surface area contributed by atoms with Gasteiger partial charge in [-0.05, 0) is 24.7 Å². The van der Waals surface area contributed by atoms with Crippen LogP contribution < -0.4 is 0 Å². The highest BCUT2D eigenvalue weighted by Crippen LogP contribution is 2.27. The molecule has 0 saturated carbocycles. The van der Waals surface area contributed by atoms with Gasteiger partial charge in [-0.15, -0.1) is 0 Å². The van der Waals surface area contributed by atoms with Gasteiger partial charge < -0.3 is 5.11 Å². The first-order valence-corrected chi connectivity index (χ1v) is 9.73. The maximum absolute atomic E-state index is 11.5. The van der Waals surface area contributed by atoms with Gasteiger partial charge in [-0.2, -0.15) is 0 Å². The SMILES string of the molecule is CCCCCCCCC(CC(CCC)CCC(C)C)C(=O)O. The Labute approximate surface area is 139 Å². The lowest BCUT2D eigenvalue weighted by Gasteiger charge is -2.21. The molecule has 0 aromatic rings. The average Bonchev–Trinajstić information content (AvgIpc) is 2.46. The van der Waals surface area contributed by atoms with Crippen LogP contribution in [0.15, 0.2) is 0 Å². The van der Waals surface area contributed by atoms with Gasteiger partial charge in [0.2, 0.25) is 0 Å². The normalized spacial score (nSPS) is 14.2. The van der Waals surface area contributed by atoms with Gasteiger partial charge in [0.05, 0.1) is 5.92 Å². The Balaban J connectivity index is 4.13. The lowest BCUT2D eigenvalue weighted by atomic mass is 9.84. The van der Waals surface area contributed by atoms with Crippen LogP contribution in [0.4, 0.5) is 0 Å². The van der Waals surface area contributed by atoms with Gasteiger partial charge in [-0.25, -0.2) is 0 Å². The Morgan fingerprint density at radius 3 is 2.00 bits per heavy atom. The monoisotopic (exact) mass is 312 g/mol. The molecule has 2 unspecified atom stereocenters. The van der Waals surface area contributed by atoms with Gasteiger partial charge in [-0.1, -0.05) is 91.9 Å². The van der Waals surface area contributed by atoms with Crippen molar-refractivity contribution in [3.05, 3.63) is 0 Å². The topological polar surface area (TPSA) is 37.3 Å². The third-order valence-electron chi connectivity index (χ3n) is 4.72. The molecule has 0 fully saturated rings. The molecular weight excluding hydrogens is 272 g/mol. The molecule has 0 aliphatic rings. The van der Waals surface area contributed by atoms with Crippen LogP contribution in [0.1, 0.15) is 105 Å². The summed E-state index contributed by atoms with van der Waals surface area (Å²) in [5.41, 5.74) is 0. The van der Waals surface area contributed by atoms with E-state index in [1.807, 2.05) is 0 Å². The largest absolute Gasteiger partial charge is 0.481 e. The lowest BCUT2D eigenvalue weighted by molar-refractivity contribution is -0.142. The summed E-state index contributed by atoms with van der Waals surface area (Å²) in [5, 5.41) is 9.51. The highest BCUT2D eigenvalue weighted by molar-refractivity contribution is 5.69. The first-order chi connectivity index (χ1) is 10.5. The number of unbranched alkanes of at least 4 members (excludes halogenated alkanes) is 5.